The van der Waals surface area contributed by atoms with Crippen LogP contribution in [0.15, 0.2) is 29.2 Å². The largest absolute Gasteiger partial charge is 0.338 e. The van der Waals surface area contributed by atoms with Crippen molar-refractivity contribution in [1.82, 2.24) is 14.9 Å². The van der Waals surface area contributed by atoms with Crippen molar-refractivity contribution < 1.29 is 13.2 Å². The molecule has 134 valence electrons. The zero-order chi connectivity index (χ0) is 17.7. The van der Waals surface area contributed by atoms with Gasteiger partial charge in [-0.3, -0.25) is 4.79 Å². The number of carbonyl (C=O) groups excluding carboxylic acids is 1. The van der Waals surface area contributed by atoms with Crippen molar-refractivity contribution in [3.8, 4) is 0 Å². The van der Waals surface area contributed by atoms with Crippen molar-refractivity contribution in [2.45, 2.75) is 37.6 Å². The van der Waals surface area contributed by atoms with Gasteiger partial charge in [-0.25, -0.2) is 13.1 Å². The predicted octanol–water partition coefficient (Wildman–Crippen LogP) is 1.44. The molecule has 0 saturated carbocycles. The van der Waals surface area contributed by atoms with E-state index in [4.69, 9.17) is 0 Å². The summed E-state index contributed by atoms with van der Waals surface area (Å²) in [4.78, 5) is 14.5. The molecule has 0 bridgehead atoms. The van der Waals surface area contributed by atoms with Gasteiger partial charge in [0.1, 0.15) is 0 Å². The number of carbonyl (C=O) groups is 1. The molecule has 2 N–H and O–H groups in total. The highest BCUT2D eigenvalue weighted by molar-refractivity contribution is 7.89. The molecule has 1 saturated heterocycles. The molecule has 0 aliphatic carbocycles. The van der Waals surface area contributed by atoms with Gasteiger partial charge in [0.05, 0.1) is 4.90 Å². The average molecular weight is 353 g/mol. The third kappa shape index (κ3) is 4.55. The fraction of sp³-hybridized carbons (Fsp3) is 0.588. The average Bonchev–Trinajstić information content (AvgIpc) is 3.03. The summed E-state index contributed by atoms with van der Waals surface area (Å²) in [5.74, 6) is 0.450. The molecular weight excluding hydrogens is 326 g/mol. The molecule has 2 unspecified atom stereocenters. The number of nitrogens with one attached hydrogen (secondary N) is 2. The van der Waals surface area contributed by atoms with Gasteiger partial charge in [0, 0.05) is 24.7 Å². The van der Waals surface area contributed by atoms with Gasteiger partial charge in [-0.15, -0.1) is 0 Å². The topological polar surface area (TPSA) is 78.5 Å². The molecule has 1 aliphatic rings. The molecule has 2 rings (SSSR count). The Morgan fingerprint density at radius 1 is 1.33 bits per heavy atom. The summed E-state index contributed by atoms with van der Waals surface area (Å²) in [5, 5.41) is 3.14. The summed E-state index contributed by atoms with van der Waals surface area (Å²) in [6, 6.07) is 6.07. The maximum absolute atomic E-state index is 12.5. The Morgan fingerprint density at radius 3 is 2.58 bits per heavy atom. The fourth-order valence-corrected chi connectivity index (χ4v) is 4.17. The Balaban J connectivity index is 2.05. The molecule has 0 aromatic heterocycles. The molecule has 0 radical (unpaired) electrons. The minimum Gasteiger partial charge on any atom is -0.338 e. The summed E-state index contributed by atoms with van der Waals surface area (Å²) in [5.41, 5.74) is 0.530. The number of rotatable bonds is 7. The Labute approximate surface area is 144 Å². The van der Waals surface area contributed by atoms with Crippen LogP contribution in [0.3, 0.4) is 0 Å². The van der Waals surface area contributed by atoms with E-state index < -0.39 is 10.0 Å². The number of nitrogens with zero attached hydrogens (tertiary/aromatic N) is 1. The lowest BCUT2D eigenvalue weighted by molar-refractivity contribution is 0.0787. The number of benzene rings is 1. The zero-order valence-corrected chi connectivity index (χ0v) is 15.4. The number of amides is 1. The van der Waals surface area contributed by atoms with Crippen molar-refractivity contribution in [3.63, 3.8) is 0 Å². The van der Waals surface area contributed by atoms with Crippen LogP contribution in [0.1, 0.15) is 37.0 Å². The van der Waals surface area contributed by atoms with Gasteiger partial charge in [-0.1, -0.05) is 6.92 Å². The van der Waals surface area contributed by atoms with Crippen LogP contribution >= 0.6 is 0 Å². The van der Waals surface area contributed by atoms with Crippen LogP contribution in [0, 0.1) is 5.92 Å². The SMILES string of the molecule is CCC(C)NS(=O)(=O)c1ccc(C(=O)N2CCC(CNC)C2)cc1. The summed E-state index contributed by atoms with van der Waals surface area (Å²) >= 11 is 0. The third-order valence-electron chi connectivity index (χ3n) is 4.45. The Kier molecular flexibility index (Phi) is 6.37. The Hall–Kier alpha value is -1.44. The second kappa shape index (κ2) is 8.09. The number of likely N-dealkylation sites (tertiary alicyclic amines) is 1. The van der Waals surface area contributed by atoms with E-state index in [9.17, 15) is 13.2 Å². The second-order valence-electron chi connectivity index (χ2n) is 6.42. The van der Waals surface area contributed by atoms with E-state index in [1.54, 1.807) is 12.1 Å². The number of hydrogen-bond acceptors (Lipinski definition) is 4. The van der Waals surface area contributed by atoms with Gasteiger partial charge >= 0.3 is 0 Å². The second-order valence-corrected chi connectivity index (χ2v) is 8.13. The van der Waals surface area contributed by atoms with E-state index in [0.717, 1.165) is 32.5 Å². The molecule has 6 nitrogen and oxygen atoms in total. The Morgan fingerprint density at radius 2 is 2.00 bits per heavy atom. The first-order chi connectivity index (χ1) is 11.4. The summed E-state index contributed by atoms with van der Waals surface area (Å²) in [7, 11) is -1.62. The third-order valence-corrected chi connectivity index (χ3v) is 6.05. The van der Waals surface area contributed by atoms with Crippen LogP contribution < -0.4 is 10.0 Å². The van der Waals surface area contributed by atoms with Crippen LogP contribution in [0.5, 0.6) is 0 Å². The van der Waals surface area contributed by atoms with E-state index in [1.165, 1.54) is 12.1 Å². The van der Waals surface area contributed by atoms with E-state index in [2.05, 4.69) is 10.0 Å². The molecule has 24 heavy (non-hydrogen) atoms. The first-order valence-electron chi connectivity index (χ1n) is 8.43. The van der Waals surface area contributed by atoms with Gasteiger partial charge in [0.15, 0.2) is 0 Å². The van der Waals surface area contributed by atoms with E-state index in [1.807, 2.05) is 25.8 Å². The minimum atomic E-state index is -3.53. The van der Waals surface area contributed by atoms with Crippen molar-refractivity contribution >= 4 is 15.9 Å². The molecule has 1 aromatic rings. The van der Waals surface area contributed by atoms with E-state index >= 15 is 0 Å². The molecule has 1 heterocycles. The first kappa shape index (κ1) is 18.9. The molecule has 1 aliphatic heterocycles. The Bertz CT molecular complexity index is 658. The quantitative estimate of drug-likeness (QED) is 0.778. The van der Waals surface area contributed by atoms with Crippen LogP contribution in [0.2, 0.25) is 0 Å². The van der Waals surface area contributed by atoms with Crippen molar-refractivity contribution in [3.05, 3.63) is 29.8 Å². The van der Waals surface area contributed by atoms with Crippen LogP contribution in [0.4, 0.5) is 0 Å². The monoisotopic (exact) mass is 353 g/mol. The number of sulfonamides is 1. The highest BCUT2D eigenvalue weighted by Gasteiger charge is 2.26. The van der Waals surface area contributed by atoms with Gasteiger partial charge < -0.3 is 10.2 Å². The zero-order valence-electron chi connectivity index (χ0n) is 14.6. The molecule has 1 amide bonds. The lowest BCUT2D eigenvalue weighted by atomic mass is 10.1. The molecular formula is C17H27N3O3S. The highest BCUT2D eigenvalue weighted by atomic mass is 32.2. The predicted molar refractivity (Wildman–Crippen MR) is 94.5 cm³/mol. The van der Waals surface area contributed by atoms with Gasteiger partial charge in [0.25, 0.3) is 5.91 Å². The van der Waals surface area contributed by atoms with Crippen molar-refractivity contribution in [2.24, 2.45) is 5.92 Å². The minimum absolute atomic E-state index is 0.0348. The summed E-state index contributed by atoms with van der Waals surface area (Å²) in [6.07, 6.45) is 1.72. The van der Waals surface area contributed by atoms with Crippen molar-refractivity contribution in [1.29, 1.82) is 0 Å². The molecule has 2 atom stereocenters. The molecule has 0 spiro atoms. The maximum atomic E-state index is 12.5. The fourth-order valence-electron chi connectivity index (χ4n) is 2.85. The van der Waals surface area contributed by atoms with Crippen LogP contribution in [-0.4, -0.2) is 51.9 Å². The summed E-state index contributed by atoms with van der Waals surface area (Å²) in [6.45, 7) is 6.15. The lowest BCUT2D eigenvalue weighted by Gasteiger charge is -2.17. The number of hydrogen-bond donors (Lipinski definition) is 2. The van der Waals surface area contributed by atoms with Gasteiger partial charge in [0.2, 0.25) is 10.0 Å². The first-order valence-corrected chi connectivity index (χ1v) is 9.92. The van der Waals surface area contributed by atoms with Crippen LogP contribution in [0.25, 0.3) is 0 Å². The highest BCUT2D eigenvalue weighted by Crippen LogP contribution is 2.19. The summed E-state index contributed by atoms with van der Waals surface area (Å²) < 4.78 is 27.1. The normalized spacial score (nSPS) is 19.5. The smallest absolute Gasteiger partial charge is 0.253 e. The van der Waals surface area contributed by atoms with Gasteiger partial charge in [-0.2, -0.15) is 0 Å². The van der Waals surface area contributed by atoms with Crippen LogP contribution in [-0.2, 0) is 10.0 Å². The van der Waals surface area contributed by atoms with E-state index in [0.29, 0.717) is 11.5 Å². The molecule has 1 fully saturated rings. The molecule has 7 heteroatoms. The van der Waals surface area contributed by atoms with E-state index in [-0.39, 0.29) is 16.8 Å². The van der Waals surface area contributed by atoms with Gasteiger partial charge in [-0.05, 0) is 63.5 Å². The lowest BCUT2D eigenvalue weighted by Crippen LogP contribution is -2.32. The maximum Gasteiger partial charge on any atom is 0.253 e. The van der Waals surface area contributed by atoms with Crippen molar-refractivity contribution in [2.75, 3.05) is 26.7 Å². The standard InChI is InChI=1S/C17H27N3O3S/c1-4-13(2)19-24(22,23)16-7-5-15(6-8-16)17(21)20-10-9-14(12-20)11-18-3/h5-8,13-14,18-19H,4,9-12H2,1-3H3. The molecule has 1 aromatic carbocycles.